The molecule has 2 aromatic rings. The Labute approximate surface area is 166 Å². The molecule has 1 amide bonds. The number of aryl methyl sites for hydroxylation is 1. The SMILES string of the molecule is C/C(=N\OCC(=O)N1CCCCC1)c1ccc(OCc2ccccc2C)cc1. The van der Waals surface area contributed by atoms with Crippen molar-refractivity contribution in [1.82, 2.24) is 4.90 Å². The molecule has 1 heterocycles. The number of rotatable bonds is 7. The number of carbonyl (C=O) groups excluding carboxylic acids is 1. The van der Waals surface area contributed by atoms with Crippen molar-refractivity contribution in [2.75, 3.05) is 19.7 Å². The summed E-state index contributed by atoms with van der Waals surface area (Å²) in [5.41, 5.74) is 4.07. The first-order chi connectivity index (χ1) is 13.6. The smallest absolute Gasteiger partial charge is 0.263 e. The third-order valence-electron chi connectivity index (χ3n) is 5.03. The molecule has 5 nitrogen and oxygen atoms in total. The Hall–Kier alpha value is -2.82. The van der Waals surface area contributed by atoms with Gasteiger partial charge in [0, 0.05) is 13.1 Å². The van der Waals surface area contributed by atoms with Gasteiger partial charge in [-0.1, -0.05) is 29.4 Å². The van der Waals surface area contributed by atoms with Crippen LogP contribution in [-0.2, 0) is 16.2 Å². The van der Waals surface area contributed by atoms with Crippen LogP contribution in [0.2, 0.25) is 0 Å². The predicted octanol–water partition coefficient (Wildman–Crippen LogP) is 4.33. The van der Waals surface area contributed by atoms with Gasteiger partial charge in [0.2, 0.25) is 0 Å². The van der Waals surface area contributed by atoms with E-state index in [1.54, 1.807) is 0 Å². The van der Waals surface area contributed by atoms with Crippen LogP contribution < -0.4 is 4.74 Å². The molecule has 1 aliphatic rings. The number of nitrogens with zero attached hydrogens (tertiary/aromatic N) is 2. The van der Waals surface area contributed by atoms with Gasteiger partial charge in [-0.05, 0) is 74.1 Å². The predicted molar refractivity (Wildman–Crippen MR) is 111 cm³/mol. The zero-order valence-electron chi connectivity index (χ0n) is 16.7. The highest BCUT2D eigenvalue weighted by Crippen LogP contribution is 2.16. The minimum absolute atomic E-state index is 0.00500. The summed E-state index contributed by atoms with van der Waals surface area (Å²) < 4.78 is 5.87. The fraction of sp³-hybridized carbons (Fsp3) is 0.391. The zero-order valence-corrected chi connectivity index (χ0v) is 16.7. The van der Waals surface area contributed by atoms with Gasteiger partial charge >= 0.3 is 0 Å². The second kappa shape index (κ2) is 9.93. The van der Waals surface area contributed by atoms with Gasteiger partial charge in [0.05, 0.1) is 5.71 Å². The van der Waals surface area contributed by atoms with Crippen molar-refractivity contribution in [3.8, 4) is 5.75 Å². The first-order valence-corrected chi connectivity index (χ1v) is 9.85. The summed E-state index contributed by atoms with van der Waals surface area (Å²) in [4.78, 5) is 19.2. The zero-order chi connectivity index (χ0) is 19.8. The van der Waals surface area contributed by atoms with Gasteiger partial charge in [-0.2, -0.15) is 0 Å². The number of benzene rings is 2. The number of hydrogen-bond acceptors (Lipinski definition) is 4. The molecular formula is C23H28N2O3. The quantitative estimate of drug-likeness (QED) is 0.531. The number of ether oxygens (including phenoxy) is 1. The van der Waals surface area contributed by atoms with Crippen LogP contribution in [0.4, 0.5) is 0 Å². The molecule has 1 aliphatic heterocycles. The molecule has 1 saturated heterocycles. The molecule has 28 heavy (non-hydrogen) atoms. The minimum Gasteiger partial charge on any atom is -0.489 e. The van der Waals surface area contributed by atoms with Gasteiger partial charge in [0.1, 0.15) is 12.4 Å². The van der Waals surface area contributed by atoms with E-state index in [-0.39, 0.29) is 12.5 Å². The molecule has 0 bridgehead atoms. The first-order valence-electron chi connectivity index (χ1n) is 9.85. The summed E-state index contributed by atoms with van der Waals surface area (Å²) in [5.74, 6) is 0.817. The molecule has 1 fully saturated rings. The van der Waals surface area contributed by atoms with E-state index < -0.39 is 0 Å². The lowest BCUT2D eigenvalue weighted by molar-refractivity contribution is -0.137. The fourth-order valence-electron chi connectivity index (χ4n) is 3.20. The van der Waals surface area contributed by atoms with Gasteiger partial charge < -0.3 is 14.5 Å². The lowest BCUT2D eigenvalue weighted by Gasteiger charge is -2.26. The van der Waals surface area contributed by atoms with E-state index in [9.17, 15) is 4.79 Å². The Kier molecular flexibility index (Phi) is 7.06. The topological polar surface area (TPSA) is 51.1 Å². The number of oxime groups is 1. The highest BCUT2D eigenvalue weighted by molar-refractivity contribution is 5.98. The maximum Gasteiger partial charge on any atom is 0.263 e. The molecule has 0 spiro atoms. The lowest BCUT2D eigenvalue weighted by atomic mass is 10.1. The van der Waals surface area contributed by atoms with Crippen LogP contribution >= 0.6 is 0 Å². The van der Waals surface area contributed by atoms with Gasteiger partial charge in [-0.25, -0.2) is 0 Å². The number of amides is 1. The molecule has 2 aromatic carbocycles. The maximum atomic E-state index is 12.1. The van der Waals surface area contributed by atoms with Gasteiger partial charge in [0.15, 0.2) is 6.61 Å². The molecular weight excluding hydrogens is 352 g/mol. The summed E-state index contributed by atoms with van der Waals surface area (Å²) in [6.07, 6.45) is 3.35. The van der Waals surface area contributed by atoms with Crippen LogP contribution in [0.15, 0.2) is 53.7 Å². The Bertz CT molecular complexity index is 809. The third-order valence-corrected chi connectivity index (χ3v) is 5.03. The summed E-state index contributed by atoms with van der Waals surface area (Å²) in [7, 11) is 0. The summed E-state index contributed by atoms with van der Waals surface area (Å²) in [5, 5.41) is 4.09. The normalized spacial score (nSPS) is 14.6. The highest BCUT2D eigenvalue weighted by Gasteiger charge is 2.16. The molecule has 0 aromatic heterocycles. The van der Waals surface area contributed by atoms with E-state index in [2.05, 4.69) is 24.2 Å². The van der Waals surface area contributed by atoms with Crippen molar-refractivity contribution in [3.63, 3.8) is 0 Å². The van der Waals surface area contributed by atoms with Crippen LogP contribution in [0, 0.1) is 6.92 Å². The average Bonchev–Trinajstić information content (AvgIpc) is 2.74. The minimum atomic E-state index is -0.00500. The van der Waals surface area contributed by atoms with Gasteiger partial charge in [0.25, 0.3) is 5.91 Å². The van der Waals surface area contributed by atoms with E-state index in [0.717, 1.165) is 43.0 Å². The molecule has 0 unspecified atom stereocenters. The van der Waals surface area contributed by atoms with Crippen LogP contribution in [0.1, 0.15) is 42.9 Å². The molecule has 0 radical (unpaired) electrons. The second-order valence-electron chi connectivity index (χ2n) is 7.13. The molecule has 0 atom stereocenters. The standard InChI is InChI=1S/C23H28N2O3/c1-18-8-4-5-9-21(18)16-27-22-12-10-20(11-13-22)19(2)24-28-17-23(26)25-14-6-3-7-15-25/h4-5,8-13H,3,6-7,14-17H2,1-2H3/b24-19+. The molecule has 0 N–H and O–H groups in total. The number of hydrogen-bond donors (Lipinski definition) is 0. The third kappa shape index (κ3) is 5.59. The van der Waals surface area contributed by atoms with E-state index in [0.29, 0.717) is 6.61 Å². The summed E-state index contributed by atoms with van der Waals surface area (Å²) in [6.45, 7) is 6.14. The van der Waals surface area contributed by atoms with Crippen molar-refractivity contribution < 1.29 is 14.4 Å². The molecule has 3 rings (SSSR count). The van der Waals surface area contributed by atoms with Crippen molar-refractivity contribution in [2.45, 2.75) is 39.7 Å². The molecule has 148 valence electrons. The van der Waals surface area contributed by atoms with Crippen LogP contribution in [0.25, 0.3) is 0 Å². The van der Waals surface area contributed by atoms with Crippen molar-refractivity contribution in [2.24, 2.45) is 5.16 Å². The fourth-order valence-corrected chi connectivity index (χ4v) is 3.20. The molecule has 5 heteroatoms. The summed E-state index contributed by atoms with van der Waals surface area (Å²) >= 11 is 0. The second-order valence-corrected chi connectivity index (χ2v) is 7.13. The van der Waals surface area contributed by atoms with Crippen LogP contribution in [0.3, 0.4) is 0 Å². The number of piperidine rings is 1. The van der Waals surface area contributed by atoms with Crippen LogP contribution in [0.5, 0.6) is 5.75 Å². The maximum absolute atomic E-state index is 12.1. The highest BCUT2D eigenvalue weighted by atomic mass is 16.6. The van der Waals surface area contributed by atoms with Crippen LogP contribution in [-0.4, -0.2) is 36.2 Å². The average molecular weight is 380 g/mol. The van der Waals surface area contributed by atoms with Crippen molar-refractivity contribution in [3.05, 3.63) is 65.2 Å². The summed E-state index contributed by atoms with van der Waals surface area (Å²) in [6, 6.07) is 15.9. The number of likely N-dealkylation sites (tertiary alicyclic amines) is 1. The Morgan fingerprint density at radius 3 is 2.46 bits per heavy atom. The van der Waals surface area contributed by atoms with Gasteiger partial charge in [-0.3, -0.25) is 4.79 Å². The molecule has 0 saturated carbocycles. The Balaban J connectivity index is 1.48. The Morgan fingerprint density at radius 2 is 1.75 bits per heavy atom. The van der Waals surface area contributed by atoms with E-state index >= 15 is 0 Å². The largest absolute Gasteiger partial charge is 0.489 e. The lowest BCUT2D eigenvalue weighted by Crippen LogP contribution is -2.37. The van der Waals surface area contributed by atoms with E-state index in [4.69, 9.17) is 9.57 Å². The Morgan fingerprint density at radius 1 is 1.04 bits per heavy atom. The number of carbonyl (C=O) groups is 1. The van der Waals surface area contributed by atoms with E-state index in [1.807, 2.05) is 48.2 Å². The first kappa shape index (κ1) is 19.9. The van der Waals surface area contributed by atoms with Gasteiger partial charge in [-0.15, -0.1) is 0 Å². The van der Waals surface area contributed by atoms with Crippen molar-refractivity contribution >= 4 is 11.6 Å². The van der Waals surface area contributed by atoms with Crippen molar-refractivity contribution in [1.29, 1.82) is 0 Å². The van der Waals surface area contributed by atoms with E-state index in [1.165, 1.54) is 17.5 Å². The monoisotopic (exact) mass is 380 g/mol. The molecule has 0 aliphatic carbocycles.